The molecule has 3 N–H and O–H groups in total. The van der Waals surface area contributed by atoms with Gasteiger partial charge in [-0.3, -0.25) is 14.4 Å². The van der Waals surface area contributed by atoms with E-state index in [1.165, 1.54) is 0 Å². The van der Waals surface area contributed by atoms with E-state index in [9.17, 15) is 19.5 Å². The molecule has 1 atom stereocenters. The molecule has 1 aliphatic carbocycles. The molecule has 2 heterocycles. The molecule has 1 spiro atoms. The number of hydrogen-bond acceptors (Lipinski definition) is 4. The number of nitrogens with zero attached hydrogens (tertiary/aromatic N) is 1. The van der Waals surface area contributed by atoms with E-state index in [1.54, 1.807) is 18.2 Å². The number of aromatic hydroxyl groups is 1. The van der Waals surface area contributed by atoms with Crippen molar-refractivity contribution in [3.63, 3.8) is 0 Å². The number of benzene rings is 1. The Morgan fingerprint density at radius 1 is 1.21 bits per heavy atom. The number of amides is 3. The van der Waals surface area contributed by atoms with Crippen LogP contribution in [0.3, 0.4) is 0 Å². The Hall–Kier alpha value is -2.57. The van der Waals surface area contributed by atoms with Crippen LogP contribution in [0.25, 0.3) is 0 Å². The Kier molecular flexibility index (Phi) is 5.00. The van der Waals surface area contributed by atoms with E-state index < -0.39 is 0 Å². The fourth-order valence-electron chi connectivity index (χ4n) is 4.68. The highest BCUT2D eigenvalue weighted by Crippen LogP contribution is 2.44. The summed E-state index contributed by atoms with van der Waals surface area (Å²) in [5.74, 6) is -0.0877. The average Bonchev–Trinajstić information content (AvgIpc) is 3.09. The average molecular weight is 385 g/mol. The molecule has 3 fully saturated rings. The molecule has 1 aromatic rings. The van der Waals surface area contributed by atoms with Crippen LogP contribution in [-0.2, 0) is 20.8 Å². The second-order valence-electron chi connectivity index (χ2n) is 8.54. The number of rotatable bonds is 4. The topological polar surface area (TPSA) is 98.7 Å². The predicted molar refractivity (Wildman–Crippen MR) is 102 cm³/mol. The standard InChI is InChI=1S/C21H27N3O4/c25-17-4-2-1-3-14(17)10-19(27)24-12-21(13-24)7-5-16(6-8-21)23-20(28)15-9-18(26)22-11-15/h1-4,15-16,25H,5-13H2,(H,22,26)(H,23,28). The van der Waals surface area contributed by atoms with E-state index in [-0.39, 0.29) is 53.7 Å². The number of nitrogens with one attached hydrogen (secondary N) is 2. The van der Waals surface area contributed by atoms with Crippen molar-refractivity contribution in [3.05, 3.63) is 29.8 Å². The minimum atomic E-state index is -0.241. The number of carbonyl (C=O) groups excluding carboxylic acids is 3. The van der Waals surface area contributed by atoms with Gasteiger partial charge in [-0.05, 0) is 31.7 Å². The van der Waals surface area contributed by atoms with Crippen LogP contribution in [0.1, 0.15) is 37.7 Å². The van der Waals surface area contributed by atoms with Crippen LogP contribution >= 0.6 is 0 Å². The van der Waals surface area contributed by atoms with Gasteiger partial charge in [-0.1, -0.05) is 18.2 Å². The van der Waals surface area contributed by atoms with Crippen LogP contribution in [0.4, 0.5) is 0 Å². The third-order valence-electron chi connectivity index (χ3n) is 6.48. The van der Waals surface area contributed by atoms with Crippen molar-refractivity contribution in [2.45, 2.75) is 44.6 Å². The van der Waals surface area contributed by atoms with Crippen molar-refractivity contribution in [2.24, 2.45) is 11.3 Å². The van der Waals surface area contributed by atoms with Gasteiger partial charge in [0.1, 0.15) is 5.75 Å². The van der Waals surface area contributed by atoms with Gasteiger partial charge in [-0.2, -0.15) is 0 Å². The molecule has 0 radical (unpaired) electrons. The predicted octanol–water partition coefficient (Wildman–Crippen LogP) is 0.958. The third kappa shape index (κ3) is 3.84. The molecule has 2 aliphatic heterocycles. The van der Waals surface area contributed by atoms with Crippen molar-refractivity contribution in [2.75, 3.05) is 19.6 Å². The highest BCUT2D eigenvalue weighted by molar-refractivity contribution is 5.89. The molecule has 7 heteroatoms. The molecule has 0 bridgehead atoms. The van der Waals surface area contributed by atoms with Crippen molar-refractivity contribution >= 4 is 17.7 Å². The molecule has 3 aliphatic rings. The minimum Gasteiger partial charge on any atom is -0.508 e. The van der Waals surface area contributed by atoms with Crippen molar-refractivity contribution in [1.29, 1.82) is 0 Å². The Balaban J connectivity index is 1.22. The molecule has 1 unspecified atom stereocenters. The van der Waals surface area contributed by atoms with Gasteiger partial charge >= 0.3 is 0 Å². The fourth-order valence-corrected chi connectivity index (χ4v) is 4.68. The summed E-state index contributed by atoms with van der Waals surface area (Å²) in [5, 5.41) is 15.6. The van der Waals surface area contributed by atoms with Gasteiger partial charge in [0.15, 0.2) is 0 Å². The van der Waals surface area contributed by atoms with Crippen LogP contribution in [-0.4, -0.2) is 53.4 Å². The minimum absolute atomic E-state index is 0.0209. The maximum atomic E-state index is 12.5. The Morgan fingerprint density at radius 3 is 2.57 bits per heavy atom. The smallest absolute Gasteiger partial charge is 0.227 e. The summed E-state index contributed by atoms with van der Waals surface area (Å²) in [6.45, 7) is 1.97. The fraction of sp³-hybridized carbons (Fsp3) is 0.571. The summed E-state index contributed by atoms with van der Waals surface area (Å²) in [6.07, 6.45) is 4.36. The number of phenols is 1. The molecule has 150 valence electrons. The third-order valence-corrected chi connectivity index (χ3v) is 6.48. The summed E-state index contributed by atoms with van der Waals surface area (Å²) >= 11 is 0. The maximum Gasteiger partial charge on any atom is 0.227 e. The number of para-hydroxylation sites is 1. The first-order valence-electron chi connectivity index (χ1n) is 10.1. The molecule has 1 saturated carbocycles. The molecule has 7 nitrogen and oxygen atoms in total. The van der Waals surface area contributed by atoms with E-state index in [0.29, 0.717) is 12.1 Å². The van der Waals surface area contributed by atoms with Crippen LogP contribution in [0.5, 0.6) is 5.75 Å². The molecular formula is C21H27N3O4. The van der Waals surface area contributed by atoms with E-state index in [1.807, 2.05) is 11.0 Å². The van der Waals surface area contributed by atoms with Gasteiger partial charge < -0.3 is 20.6 Å². The van der Waals surface area contributed by atoms with Crippen LogP contribution in [0.2, 0.25) is 0 Å². The lowest BCUT2D eigenvalue weighted by Crippen LogP contribution is -2.61. The maximum absolute atomic E-state index is 12.5. The van der Waals surface area contributed by atoms with E-state index in [0.717, 1.165) is 38.8 Å². The van der Waals surface area contributed by atoms with Crippen molar-refractivity contribution < 1.29 is 19.5 Å². The van der Waals surface area contributed by atoms with Crippen LogP contribution in [0.15, 0.2) is 24.3 Å². The molecule has 3 amide bonds. The van der Waals surface area contributed by atoms with Gasteiger partial charge in [0.25, 0.3) is 0 Å². The number of carbonyl (C=O) groups is 3. The van der Waals surface area contributed by atoms with Crippen LogP contribution in [0, 0.1) is 11.3 Å². The Morgan fingerprint density at radius 2 is 1.93 bits per heavy atom. The highest BCUT2D eigenvalue weighted by atomic mass is 16.3. The van der Waals surface area contributed by atoms with Gasteiger partial charge in [-0.15, -0.1) is 0 Å². The molecule has 1 aromatic carbocycles. The lowest BCUT2D eigenvalue weighted by molar-refractivity contribution is -0.145. The zero-order valence-corrected chi connectivity index (χ0v) is 15.9. The first-order valence-corrected chi connectivity index (χ1v) is 10.1. The zero-order valence-electron chi connectivity index (χ0n) is 15.9. The number of phenolic OH excluding ortho intramolecular Hbond substituents is 1. The monoisotopic (exact) mass is 385 g/mol. The van der Waals surface area contributed by atoms with Crippen molar-refractivity contribution in [1.82, 2.24) is 15.5 Å². The van der Waals surface area contributed by atoms with Gasteiger partial charge in [0, 0.05) is 43.1 Å². The second kappa shape index (κ2) is 7.45. The molecule has 2 saturated heterocycles. The largest absolute Gasteiger partial charge is 0.508 e. The zero-order chi connectivity index (χ0) is 19.7. The Bertz CT molecular complexity index is 778. The van der Waals surface area contributed by atoms with E-state index >= 15 is 0 Å². The summed E-state index contributed by atoms with van der Waals surface area (Å²) in [4.78, 5) is 37.9. The summed E-state index contributed by atoms with van der Waals surface area (Å²) in [7, 11) is 0. The van der Waals surface area contributed by atoms with E-state index in [2.05, 4.69) is 10.6 Å². The van der Waals surface area contributed by atoms with Crippen molar-refractivity contribution in [3.8, 4) is 5.75 Å². The molecule has 0 aromatic heterocycles. The second-order valence-corrected chi connectivity index (χ2v) is 8.54. The number of likely N-dealkylation sites (tertiary alicyclic amines) is 1. The SMILES string of the molecule is O=C1CC(C(=O)NC2CCC3(CC2)CN(C(=O)Cc2ccccc2O)C3)CN1. The molecular weight excluding hydrogens is 358 g/mol. The molecule has 28 heavy (non-hydrogen) atoms. The summed E-state index contributed by atoms with van der Waals surface area (Å²) < 4.78 is 0. The van der Waals surface area contributed by atoms with Gasteiger partial charge in [0.2, 0.25) is 17.7 Å². The lowest BCUT2D eigenvalue weighted by atomic mass is 9.67. The lowest BCUT2D eigenvalue weighted by Gasteiger charge is -2.53. The normalized spacial score (nSPS) is 23.9. The van der Waals surface area contributed by atoms with Crippen LogP contribution < -0.4 is 10.6 Å². The summed E-state index contributed by atoms with van der Waals surface area (Å²) in [6, 6.07) is 7.13. The first-order chi connectivity index (χ1) is 13.4. The van der Waals surface area contributed by atoms with E-state index in [4.69, 9.17) is 0 Å². The summed E-state index contributed by atoms with van der Waals surface area (Å²) in [5.41, 5.74) is 0.847. The quantitative estimate of drug-likeness (QED) is 0.719. The molecule has 4 rings (SSSR count). The van der Waals surface area contributed by atoms with Gasteiger partial charge in [-0.25, -0.2) is 0 Å². The number of hydrogen-bond donors (Lipinski definition) is 3. The van der Waals surface area contributed by atoms with Gasteiger partial charge in [0.05, 0.1) is 12.3 Å². The highest BCUT2D eigenvalue weighted by Gasteiger charge is 2.47. The Labute approximate surface area is 164 Å². The first kappa shape index (κ1) is 18.8.